The molecule has 1 aliphatic rings. The summed E-state index contributed by atoms with van der Waals surface area (Å²) in [5, 5.41) is 11.9. The highest BCUT2D eigenvalue weighted by molar-refractivity contribution is 5.67. The van der Waals surface area contributed by atoms with Crippen LogP contribution in [0, 0.1) is 5.92 Å². The van der Waals surface area contributed by atoms with Crippen LogP contribution in [0.1, 0.15) is 12.8 Å². The summed E-state index contributed by atoms with van der Waals surface area (Å²) in [6, 6.07) is 5.37. The molecule has 3 rings (SSSR count). The van der Waals surface area contributed by atoms with Crippen LogP contribution in [-0.4, -0.2) is 33.4 Å². The summed E-state index contributed by atoms with van der Waals surface area (Å²) in [6.45, 7) is 2.36. The van der Waals surface area contributed by atoms with Crippen molar-refractivity contribution in [1.82, 2.24) is 20.2 Å². The lowest BCUT2D eigenvalue weighted by molar-refractivity contribution is 0.0470. The summed E-state index contributed by atoms with van der Waals surface area (Å²) in [5.41, 5.74) is 13.7. The quantitative estimate of drug-likeness (QED) is 0.807. The number of hydrogen-bond acceptors (Lipinski definition) is 6. The SMILES string of the molecule is Nc1cc(N)cc(-c2nnnn2CC2CCCOC2)c1. The molecule has 0 saturated carbocycles. The van der Waals surface area contributed by atoms with Crippen molar-refractivity contribution in [2.75, 3.05) is 24.7 Å². The molecule has 1 aromatic carbocycles. The maximum absolute atomic E-state index is 5.82. The Morgan fingerprint density at radius 3 is 2.75 bits per heavy atom. The first-order valence-corrected chi connectivity index (χ1v) is 6.72. The molecule has 7 heteroatoms. The van der Waals surface area contributed by atoms with Crippen LogP contribution in [-0.2, 0) is 11.3 Å². The summed E-state index contributed by atoms with van der Waals surface area (Å²) in [6.07, 6.45) is 2.23. The second-order valence-electron chi connectivity index (χ2n) is 5.16. The normalized spacial score (nSPS) is 19.1. The van der Waals surface area contributed by atoms with Gasteiger partial charge in [0, 0.05) is 29.5 Å². The minimum Gasteiger partial charge on any atom is -0.399 e. The van der Waals surface area contributed by atoms with Gasteiger partial charge in [-0.2, -0.15) is 0 Å². The van der Waals surface area contributed by atoms with Gasteiger partial charge in [0.05, 0.1) is 13.2 Å². The van der Waals surface area contributed by atoms with Crippen molar-refractivity contribution in [2.45, 2.75) is 19.4 Å². The largest absolute Gasteiger partial charge is 0.399 e. The molecule has 106 valence electrons. The first-order chi connectivity index (χ1) is 9.72. The average molecular weight is 274 g/mol. The molecule has 2 aromatic rings. The molecule has 1 atom stereocenters. The lowest BCUT2D eigenvalue weighted by atomic mass is 10.0. The topological polar surface area (TPSA) is 105 Å². The second kappa shape index (κ2) is 5.46. The summed E-state index contributed by atoms with van der Waals surface area (Å²) < 4.78 is 7.29. The number of tetrazole rings is 1. The molecule has 4 N–H and O–H groups in total. The molecule has 1 aromatic heterocycles. The van der Waals surface area contributed by atoms with Crippen LogP contribution < -0.4 is 11.5 Å². The second-order valence-corrected chi connectivity index (χ2v) is 5.16. The van der Waals surface area contributed by atoms with Gasteiger partial charge in [0.1, 0.15) is 0 Å². The molecular formula is C13H18N6O. The van der Waals surface area contributed by atoms with Gasteiger partial charge in [-0.1, -0.05) is 0 Å². The van der Waals surface area contributed by atoms with Gasteiger partial charge in [-0.25, -0.2) is 4.68 Å². The van der Waals surface area contributed by atoms with E-state index in [9.17, 15) is 0 Å². The van der Waals surface area contributed by atoms with E-state index in [1.54, 1.807) is 10.7 Å². The number of nitrogens with two attached hydrogens (primary N) is 2. The van der Waals surface area contributed by atoms with Gasteiger partial charge in [0.15, 0.2) is 5.82 Å². The Morgan fingerprint density at radius 1 is 1.25 bits per heavy atom. The minimum absolute atomic E-state index is 0.449. The van der Waals surface area contributed by atoms with Gasteiger partial charge in [0.2, 0.25) is 0 Å². The van der Waals surface area contributed by atoms with Gasteiger partial charge in [-0.3, -0.25) is 0 Å². The van der Waals surface area contributed by atoms with Crippen molar-refractivity contribution in [2.24, 2.45) is 5.92 Å². The highest BCUT2D eigenvalue weighted by Crippen LogP contribution is 2.24. The highest BCUT2D eigenvalue weighted by Gasteiger charge is 2.18. The molecule has 0 aliphatic carbocycles. The molecule has 1 unspecified atom stereocenters. The minimum atomic E-state index is 0.449. The van der Waals surface area contributed by atoms with Crippen LogP contribution in [0.5, 0.6) is 0 Å². The van der Waals surface area contributed by atoms with Crippen LogP contribution >= 0.6 is 0 Å². The fourth-order valence-corrected chi connectivity index (χ4v) is 2.54. The van der Waals surface area contributed by atoms with Crippen molar-refractivity contribution in [3.63, 3.8) is 0 Å². The number of hydrogen-bond donors (Lipinski definition) is 2. The number of aromatic nitrogens is 4. The Balaban J connectivity index is 1.85. The van der Waals surface area contributed by atoms with E-state index in [-0.39, 0.29) is 0 Å². The lowest BCUT2D eigenvalue weighted by Gasteiger charge is -2.21. The maximum Gasteiger partial charge on any atom is 0.182 e. The molecular weight excluding hydrogens is 256 g/mol. The molecule has 20 heavy (non-hydrogen) atoms. The number of nitrogen functional groups attached to an aromatic ring is 2. The van der Waals surface area contributed by atoms with Crippen molar-refractivity contribution in [3.8, 4) is 11.4 Å². The van der Waals surface area contributed by atoms with E-state index in [0.717, 1.165) is 38.2 Å². The Morgan fingerprint density at radius 2 is 2.05 bits per heavy atom. The zero-order valence-corrected chi connectivity index (χ0v) is 11.2. The fraction of sp³-hybridized carbons (Fsp3) is 0.462. The predicted octanol–water partition coefficient (Wildman–Crippen LogP) is 0.931. The van der Waals surface area contributed by atoms with E-state index >= 15 is 0 Å². The Labute approximate surface area is 116 Å². The molecule has 0 spiro atoms. The summed E-state index contributed by atoms with van der Waals surface area (Å²) >= 11 is 0. The van der Waals surface area contributed by atoms with E-state index in [2.05, 4.69) is 15.5 Å². The number of benzene rings is 1. The third-order valence-corrected chi connectivity index (χ3v) is 3.45. The summed E-state index contributed by atoms with van der Waals surface area (Å²) in [5.74, 6) is 1.14. The van der Waals surface area contributed by atoms with E-state index in [0.29, 0.717) is 23.1 Å². The number of nitrogens with zero attached hydrogens (tertiary/aromatic N) is 4. The van der Waals surface area contributed by atoms with Gasteiger partial charge < -0.3 is 16.2 Å². The predicted molar refractivity (Wildman–Crippen MR) is 75.6 cm³/mol. The van der Waals surface area contributed by atoms with Crippen molar-refractivity contribution in [3.05, 3.63) is 18.2 Å². The van der Waals surface area contributed by atoms with Gasteiger partial charge >= 0.3 is 0 Å². The van der Waals surface area contributed by atoms with Crippen LogP contribution in [0.25, 0.3) is 11.4 Å². The molecule has 0 amide bonds. The average Bonchev–Trinajstić information content (AvgIpc) is 2.87. The van der Waals surface area contributed by atoms with Crippen molar-refractivity contribution >= 4 is 11.4 Å². The smallest absolute Gasteiger partial charge is 0.182 e. The fourth-order valence-electron chi connectivity index (χ4n) is 2.54. The number of rotatable bonds is 3. The van der Waals surface area contributed by atoms with Crippen LogP contribution in [0.2, 0.25) is 0 Å². The van der Waals surface area contributed by atoms with E-state index in [4.69, 9.17) is 16.2 Å². The van der Waals surface area contributed by atoms with Crippen molar-refractivity contribution in [1.29, 1.82) is 0 Å². The van der Waals surface area contributed by atoms with Crippen LogP contribution in [0.4, 0.5) is 11.4 Å². The molecule has 2 heterocycles. The number of ether oxygens (including phenoxy) is 1. The molecule has 1 saturated heterocycles. The van der Waals surface area contributed by atoms with Crippen LogP contribution in [0.15, 0.2) is 18.2 Å². The number of anilines is 2. The van der Waals surface area contributed by atoms with E-state index < -0.39 is 0 Å². The van der Waals surface area contributed by atoms with Gasteiger partial charge in [-0.05, 0) is 41.5 Å². The molecule has 0 radical (unpaired) electrons. The third-order valence-electron chi connectivity index (χ3n) is 3.45. The Bertz CT molecular complexity index is 570. The molecule has 0 bridgehead atoms. The van der Waals surface area contributed by atoms with E-state index in [1.807, 2.05) is 12.1 Å². The summed E-state index contributed by atoms with van der Waals surface area (Å²) in [4.78, 5) is 0. The Kier molecular flexibility index (Phi) is 3.51. The highest BCUT2D eigenvalue weighted by atomic mass is 16.5. The van der Waals surface area contributed by atoms with Gasteiger partial charge in [0.25, 0.3) is 0 Å². The molecule has 1 fully saturated rings. The Hall–Kier alpha value is -2.15. The van der Waals surface area contributed by atoms with Crippen LogP contribution in [0.3, 0.4) is 0 Å². The zero-order valence-electron chi connectivity index (χ0n) is 11.2. The third kappa shape index (κ3) is 2.72. The van der Waals surface area contributed by atoms with E-state index in [1.165, 1.54) is 0 Å². The first kappa shape index (κ1) is 12.9. The standard InChI is InChI=1S/C13H18N6O/c14-11-4-10(5-12(15)6-11)13-16-17-18-19(13)7-9-2-1-3-20-8-9/h4-6,9H,1-3,7-8,14-15H2. The molecule has 1 aliphatic heterocycles. The molecule has 7 nitrogen and oxygen atoms in total. The zero-order chi connectivity index (χ0) is 13.9. The lowest BCUT2D eigenvalue weighted by Crippen LogP contribution is -2.23. The van der Waals surface area contributed by atoms with Gasteiger partial charge in [-0.15, -0.1) is 5.10 Å². The monoisotopic (exact) mass is 274 g/mol. The van der Waals surface area contributed by atoms with Crippen molar-refractivity contribution < 1.29 is 4.74 Å². The first-order valence-electron chi connectivity index (χ1n) is 6.72. The maximum atomic E-state index is 5.82. The summed E-state index contributed by atoms with van der Waals surface area (Å²) in [7, 11) is 0.